The van der Waals surface area contributed by atoms with Gasteiger partial charge in [-0.3, -0.25) is 0 Å². The lowest BCUT2D eigenvalue weighted by atomic mass is 10.2. The van der Waals surface area contributed by atoms with Gasteiger partial charge in [0.25, 0.3) is 0 Å². The summed E-state index contributed by atoms with van der Waals surface area (Å²) in [5, 5.41) is 0. The van der Waals surface area contributed by atoms with Crippen molar-refractivity contribution in [1.29, 1.82) is 0 Å². The van der Waals surface area contributed by atoms with E-state index < -0.39 is 19.4 Å². The number of allylic oxidation sites excluding steroid dienone is 1. The van der Waals surface area contributed by atoms with Crippen LogP contribution in [0, 0.1) is 0 Å². The average Bonchev–Trinajstić information content (AvgIpc) is 2.01. The molecule has 0 aliphatic carbocycles. The first kappa shape index (κ1) is 12.8. The second-order valence-electron chi connectivity index (χ2n) is 4.43. The van der Waals surface area contributed by atoms with Crippen LogP contribution in [-0.4, -0.2) is 8.07 Å². The van der Waals surface area contributed by atoms with E-state index >= 15 is 0 Å². The molecule has 0 aliphatic rings. The highest BCUT2D eigenvalue weighted by Crippen LogP contribution is 2.24. The molecule has 13 heavy (non-hydrogen) atoms. The monoisotopic (exact) mass is 206 g/mol. The van der Waals surface area contributed by atoms with Gasteiger partial charge in [-0.05, 0) is 6.42 Å². The van der Waals surface area contributed by atoms with Gasteiger partial charge in [-0.2, -0.15) is 0 Å². The van der Waals surface area contributed by atoms with Crippen LogP contribution in [0.3, 0.4) is 0 Å². The van der Waals surface area contributed by atoms with Crippen LogP contribution < -0.4 is 0 Å². The summed E-state index contributed by atoms with van der Waals surface area (Å²) in [6, 6.07) is 0. The Bertz CT molecular complexity index is 180. The number of halogens is 2. The summed E-state index contributed by atoms with van der Waals surface area (Å²) in [5.41, 5.74) is -0.455. The maximum Gasteiger partial charge on any atom is 0.126 e. The maximum absolute atomic E-state index is 13.3. The van der Waals surface area contributed by atoms with Crippen molar-refractivity contribution >= 4 is 8.07 Å². The molecule has 0 saturated carbocycles. The molecular weight excluding hydrogens is 186 g/mol. The van der Waals surface area contributed by atoms with Crippen molar-refractivity contribution in [2.75, 3.05) is 0 Å². The van der Waals surface area contributed by atoms with Crippen molar-refractivity contribution in [3.63, 3.8) is 0 Å². The van der Waals surface area contributed by atoms with E-state index in [4.69, 9.17) is 0 Å². The molecule has 0 aromatic carbocycles. The predicted molar refractivity (Wildman–Crippen MR) is 56.7 cm³/mol. The van der Waals surface area contributed by atoms with Crippen LogP contribution in [0.25, 0.3) is 0 Å². The third-order valence-corrected chi connectivity index (χ3v) is 3.48. The minimum absolute atomic E-state index is 0.282. The van der Waals surface area contributed by atoms with Gasteiger partial charge >= 0.3 is 0 Å². The fourth-order valence-electron chi connectivity index (χ4n) is 1.05. The SMILES string of the molecule is CCCCC/C(F)=C(\F)[Si](C)(C)C. The second kappa shape index (κ2) is 5.53. The Kier molecular flexibility index (Phi) is 5.45. The first-order valence-electron chi connectivity index (χ1n) is 4.94. The Balaban J connectivity index is 4.12. The van der Waals surface area contributed by atoms with Crippen molar-refractivity contribution < 1.29 is 8.78 Å². The predicted octanol–water partition coefficient (Wildman–Crippen LogP) is 4.59. The van der Waals surface area contributed by atoms with Crippen molar-refractivity contribution in [1.82, 2.24) is 0 Å². The molecule has 0 saturated heterocycles. The Morgan fingerprint density at radius 3 is 2.00 bits per heavy atom. The number of unbranched alkanes of at least 4 members (excludes halogenated alkanes) is 2. The van der Waals surface area contributed by atoms with Crippen LogP contribution in [0.5, 0.6) is 0 Å². The van der Waals surface area contributed by atoms with Gasteiger partial charge in [0, 0.05) is 6.42 Å². The third-order valence-electron chi connectivity index (χ3n) is 1.90. The molecule has 0 bridgehead atoms. The van der Waals surface area contributed by atoms with Crippen molar-refractivity contribution in [2.24, 2.45) is 0 Å². The smallest absolute Gasteiger partial charge is 0.126 e. The normalized spacial score (nSPS) is 14.3. The van der Waals surface area contributed by atoms with E-state index in [1.807, 2.05) is 19.6 Å². The van der Waals surface area contributed by atoms with Gasteiger partial charge in [0.05, 0.1) is 0 Å². The minimum atomic E-state index is -2.05. The highest BCUT2D eigenvalue weighted by molar-refractivity contribution is 6.82. The van der Waals surface area contributed by atoms with Gasteiger partial charge in [0.15, 0.2) is 0 Å². The van der Waals surface area contributed by atoms with E-state index in [-0.39, 0.29) is 6.42 Å². The lowest BCUT2D eigenvalue weighted by molar-refractivity contribution is 0.513. The van der Waals surface area contributed by atoms with Crippen molar-refractivity contribution in [3.8, 4) is 0 Å². The summed E-state index contributed by atoms with van der Waals surface area (Å²) >= 11 is 0. The molecule has 0 rings (SSSR count). The summed E-state index contributed by atoms with van der Waals surface area (Å²) in [5.74, 6) is -0.507. The quantitative estimate of drug-likeness (QED) is 0.456. The Labute approximate surface area is 81.0 Å². The molecule has 78 valence electrons. The number of hydrogen-bond donors (Lipinski definition) is 0. The lowest BCUT2D eigenvalue weighted by Gasteiger charge is -2.13. The van der Waals surface area contributed by atoms with E-state index in [2.05, 4.69) is 6.92 Å². The summed E-state index contributed by atoms with van der Waals surface area (Å²) in [6.07, 6.45) is 3.07. The molecule has 0 N–H and O–H groups in total. The van der Waals surface area contributed by atoms with Crippen LogP contribution in [0.1, 0.15) is 32.6 Å². The highest BCUT2D eigenvalue weighted by Gasteiger charge is 2.23. The molecule has 0 spiro atoms. The maximum atomic E-state index is 13.3. The molecule has 0 unspecified atom stereocenters. The minimum Gasteiger partial charge on any atom is -0.215 e. The molecule has 0 aromatic rings. The molecule has 0 atom stereocenters. The van der Waals surface area contributed by atoms with Gasteiger partial charge in [-0.25, -0.2) is 8.78 Å². The molecule has 0 nitrogen and oxygen atoms in total. The van der Waals surface area contributed by atoms with Gasteiger partial charge in [0.2, 0.25) is 0 Å². The van der Waals surface area contributed by atoms with E-state index in [0.717, 1.165) is 19.3 Å². The fourth-order valence-corrected chi connectivity index (χ4v) is 1.99. The fraction of sp³-hybridized carbons (Fsp3) is 0.800. The Morgan fingerprint density at radius 1 is 1.08 bits per heavy atom. The number of rotatable bonds is 5. The van der Waals surface area contributed by atoms with Crippen molar-refractivity contribution in [3.05, 3.63) is 11.3 Å². The van der Waals surface area contributed by atoms with E-state index in [1.165, 1.54) is 0 Å². The van der Waals surface area contributed by atoms with Crippen LogP contribution in [0.2, 0.25) is 19.6 Å². The van der Waals surface area contributed by atoms with E-state index in [1.54, 1.807) is 0 Å². The molecule has 0 radical (unpaired) electrons. The zero-order valence-electron chi connectivity index (χ0n) is 9.08. The molecular formula is C10H20F2Si. The van der Waals surface area contributed by atoms with Crippen molar-refractivity contribution in [2.45, 2.75) is 52.2 Å². The molecule has 0 amide bonds. The zero-order chi connectivity index (χ0) is 10.5. The van der Waals surface area contributed by atoms with Gasteiger partial charge in [-0.15, -0.1) is 0 Å². The largest absolute Gasteiger partial charge is 0.215 e. The topological polar surface area (TPSA) is 0 Å². The van der Waals surface area contributed by atoms with Gasteiger partial charge in [0.1, 0.15) is 19.4 Å². The molecule has 0 aliphatic heterocycles. The average molecular weight is 206 g/mol. The Hall–Kier alpha value is -0.183. The molecule has 3 heteroatoms. The van der Waals surface area contributed by atoms with Gasteiger partial charge in [-0.1, -0.05) is 39.4 Å². The third kappa shape index (κ3) is 5.19. The second-order valence-corrected chi connectivity index (χ2v) is 9.36. The van der Waals surface area contributed by atoms with Crippen LogP contribution >= 0.6 is 0 Å². The van der Waals surface area contributed by atoms with Gasteiger partial charge < -0.3 is 0 Å². The van der Waals surface area contributed by atoms with Crippen LogP contribution in [0.4, 0.5) is 8.78 Å². The van der Waals surface area contributed by atoms with Crippen LogP contribution in [0.15, 0.2) is 11.3 Å². The molecule has 0 heterocycles. The first-order valence-corrected chi connectivity index (χ1v) is 8.44. The summed E-state index contributed by atoms with van der Waals surface area (Å²) < 4.78 is 26.5. The lowest BCUT2D eigenvalue weighted by Crippen LogP contribution is -2.22. The summed E-state index contributed by atoms with van der Waals surface area (Å²) in [4.78, 5) is 0. The highest BCUT2D eigenvalue weighted by atomic mass is 28.3. The van der Waals surface area contributed by atoms with Crippen LogP contribution in [-0.2, 0) is 0 Å². The standard InChI is InChI=1S/C10H20F2Si/c1-5-6-7-8-9(11)10(12)13(2,3)4/h5-8H2,1-4H3/b10-9-. The first-order chi connectivity index (χ1) is 5.89. The number of hydrogen-bond acceptors (Lipinski definition) is 0. The molecule has 0 fully saturated rings. The molecule has 0 aromatic heterocycles. The van der Waals surface area contributed by atoms with E-state index in [0.29, 0.717) is 0 Å². The summed E-state index contributed by atoms with van der Waals surface area (Å²) in [6.45, 7) is 7.52. The zero-order valence-corrected chi connectivity index (χ0v) is 10.1. The Morgan fingerprint density at radius 2 is 1.62 bits per heavy atom. The van der Waals surface area contributed by atoms with E-state index in [9.17, 15) is 8.78 Å². The summed E-state index contributed by atoms with van der Waals surface area (Å²) in [7, 11) is -2.05.